The van der Waals surface area contributed by atoms with E-state index in [1.807, 2.05) is 31.2 Å². The first kappa shape index (κ1) is 22.9. The molecule has 0 N–H and O–H groups in total. The van der Waals surface area contributed by atoms with Crippen molar-refractivity contribution in [1.82, 2.24) is 19.7 Å². The van der Waals surface area contributed by atoms with Gasteiger partial charge < -0.3 is 4.90 Å². The molecular formula is C26H22ClN5S3. The lowest BCUT2D eigenvalue weighted by Crippen LogP contribution is -2.35. The Hall–Kier alpha value is -2.52. The Labute approximate surface area is 222 Å². The third-order valence-electron chi connectivity index (χ3n) is 6.34. The number of fused-ring (bicyclic) bond motifs is 5. The number of hydrogen-bond donors (Lipinski definition) is 0. The molecule has 0 radical (unpaired) electrons. The predicted octanol–water partition coefficient (Wildman–Crippen LogP) is 6.12. The molecule has 35 heavy (non-hydrogen) atoms. The van der Waals surface area contributed by atoms with Crippen molar-refractivity contribution in [2.45, 2.75) is 31.3 Å². The molecular weight excluding hydrogens is 514 g/mol. The molecule has 2 aliphatic rings. The van der Waals surface area contributed by atoms with Crippen LogP contribution in [0.2, 0.25) is 5.02 Å². The van der Waals surface area contributed by atoms with Crippen molar-refractivity contribution in [3.8, 4) is 5.00 Å². The number of hydrogen-bond acceptors (Lipinski definition) is 6. The van der Waals surface area contributed by atoms with Crippen LogP contribution in [0.3, 0.4) is 0 Å². The molecule has 2 aromatic heterocycles. The van der Waals surface area contributed by atoms with Crippen molar-refractivity contribution < 1.29 is 0 Å². The number of nitrogens with zero attached hydrogens (tertiary/aromatic N) is 5. The van der Waals surface area contributed by atoms with Gasteiger partial charge in [0, 0.05) is 38.2 Å². The summed E-state index contributed by atoms with van der Waals surface area (Å²) in [7, 11) is 0. The first-order valence-electron chi connectivity index (χ1n) is 11.4. The van der Waals surface area contributed by atoms with Crippen molar-refractivity contribution in [2.75, 3.05) is 12.3 Å². The predicted molar refractivity (Wildman–Crippen MR) is 149 cm³/mol. The fourth-order valence-corrected chi connectivity index (χ4v) is 7.44. The maximum Gasteiger partial charge on any atom is 0.160 e. The number of aliphatic imine (C=N–C) groups is 1. The van der Waals surface area contributed by atoms with Gasteiger partial charge in [-0.3, -0.25) is 9.56 Å². The highest BCUT2D eigenvalue weighted by Gasteiger charge is 2.32. The molecule has 4 aromatic rings. The average Bonchev–Trinajstić information content (AvgIpc) is 3.39. The first-order valence-corrected chi connectivity index (χ1v) is 14.0. The van der Waals surface area contributed by atoms with E-state index in [0.717, 1.165) is 58.2 Å². The van der Waals surface area contributed by atoms with E-state index in [4.69, 9.17) is 28.8 Å². The second kappa shape index (κ2) is 9.50. The van der Waals surface area contributed by atoms with Crippen molar-refractivity contribution in [3.05, 3.63) is 92.8 Å². The van der Waals surface area contributed by atoms with Crippen molar-refractivity contribution in [2.24, 2.45) is 4.99 Å². The summed E-state index contributed by atoms with van der Waals surface area (Å²) in [6.45, 7) is 4.19. The number of halogens is 1. The van der Waals surface area contributed by atoms with E-state index < -0.39 is 0 Å². The van der Waals surface area contributed by atoms with Crippen LogP contribution in [-0.2, 0) is 19.5 Å². The lowest BCUT2D eigenvalue weighted by atomic mass is 9.95. The summed E-state index contributed by atoms with van der Waals surface area (Å²) in [6, 6.07) is 18.4. The zero-order chi connectivity index (χ0) is 23.9. The number of rotatable bonds is 4. The number of thiocarbonyl (C=S) groups is 1. The summed E-state index contributed by atoms with van der Waals surface area (Å²) in [5, 5.41) is 10.6. The Morgan fingerprint density at radius 3 is 2.74 bits per heavy atom. The second-order valence-corrected chi connectivity index (χ2v) is 11.5. The topological polar surface area (TPSA) is 46.3 Å². The minimum atomic E-state index is 0.477. The van der Waals surface area contributed by atoms with E-state index in [1.165, 1.54) is 20.9 Å². The molecule has 2 aromatic carbocycles. The molecule has 4 heterocycles. The largest absolute Gasteiger partial charge is 0.360 e. The molecule has 0 atom stereocenters. The van der Waals surface area contributed by atoms with E-state index in [0.29, 0.717) is 11.6 Å². The molecule has 176 valence electrons. The van der Waals surface area contributed by atoms with Crippen LogP contribution in [0.1, 0.15) is 33.2 Å². The SMILES string of the molecule is Cc1nnc2n1-c1sc3c(c1C(c1ccccc1Cl)=NC2)CCN(C(=S)CSc1ccccc1)C3. The Kier molecular flexibility index (Phi) is 6.22. The van der Waals surface area contributed by atoms with Crippen LogP contribution in [0.4, 0.5) is 0 Å². The fourth-order valence-electron chi connectivity index (χ4n) is 4.63. The first-order chi connectivity index (χ1) is 17.1. The van der Waals surface area contributed by atoms with Crippen LogP contribution in [0.15, 0.2) is 64.5 Å². The van der Waals surface area contributed by atoms with Gasteiger partial charge in [-0.15, -0.1) is 33.3 Å². The molecule has 9 heteroatoms. The van der Waals surface area contributed by atoms with Crippen LogP contribution in [-0.4, -0.2) is 42.7 Å². The molecule has 6 rings (SSSR count). The van der Waals surface area contributed by atoms with Crippen molar-refractivity contribution in [3.63, 3.8) is 0 Å². The van der Waals surface area contributed by atoms with E-state index in [-0.39, 0.29) is 0 Å². The summed E-state index contributed by atoms with van der Waals surface area (Å²) in [4.78, 5) is 10.9. The maximum absolute atomic E-state index is 6.65. The van der Waals surface area contributed by atoms with Crippen LogP contribution < -0.4 is 0 Å². The van der Waals surface area contributed by atoms with Crippen LogP contribution in [0, 0.1) is 6.92 Å². The standard InChI is InChI=1S/C26H22ClN5S3/c1-16-29-30-22-13-28-25(18-9-5-6-10-20(18)27)24-19-11-12-31(14-21(19)35-26(24)32(16)22)23(33)15-34-17-7-3-2-4-8-17/h2-10H,11-15H2,1H3. The molecule has 0 spiro atoms. The molecule has 0 bridgehead atoms. The highest BCUT2D eigenvalue weighted by molar-refractivity contribution is 8.01. The summed E-state index contributed by atoms with van der Waals surface area (Å²) in [5.41, 5.74) is 4.43. The smallest absolute Gasteiger partial charge is 0.160 e. The third-order valence-corrected chi connectivity index (χ3v) is 9.48. The molecule has 0 amide bonds. The lowest BCUT2D eigenvalue weighted by Gasteiger charge is -2.29. The van der Waals surface area contributed by atoms with E-state index in [2.05, 4.69) is 50.0 Å². The normalized spacial score (nSPS) is 14.6. The van der Waals surface area contributed by atoms with E-state index in [1.54, 1.807) is 23.1 Å². The number of thiophene rings is 1. The van der Waals surface area contributed by atoms with Gasteiger partial charge in [0.05, 0.1) is 17.2 Å². The summed E-state index contributed by atoms with van der Waals surface area (Å²) >= 11 is 16.1. The molecule has 0 aliphatic carbocycles. The van der Waals surface area contributed by atoms with Crippen molar-refractivity contribution in [1.29, 1.82) is 0 Å². The number of benzene rings is 2. The monoisotopic (exact) mass is 535 g/mol. The van der Waals surface area contributed by atoms with Gasteiger partial charge in [-0.05, 0) is 37.1 Å². The van der Waals surface area contributed by atoms with Gasteiger partial charge in [-0.1, -0.05) is 60.2 Å². The summed E-state index contributed by atoms with van der Waals surface area (Å²) < 4.78 is 2.17. The number of thioether (sulfide) groups is 1. The number of aromatic nitrogens is 3. The molecule has 0 fully saturated rings. The van der Waals surface area contributed by atoms with Crippen molar-refractivity contribution >= 4 is 57.6 Å². The molecule has 2 aliphatic heterocycles. The fraction of sp³-hybridized carbons (Fsp3) is 0.231. The van der Waals surface area contributed by atoms with Crippen LogP contribution in [0.25, 0.3) is 5.00 Å². The Morgan fingerprint density at radius 1 is 1.11 bits per heavy atom. The second-order valence-electron chi connectivity index (χ2n) is 8.49. The quantitative estimate of drug-likeness (QED) is 0.233. The van der Waals surface area contributed by atoms with Gasteiger partial charge in [0.15, 0.2) is 5.82 Å². The van der Waals surface area contributed by atoms with Gasteiger partial charge in [0.1, 0.15) is 17.4 Å². The molecule has 0 saturated carbocycles. The maximum atomic E-state index is 6.65. The van der Waals surface area contributed by atoms with Gasteiger partial charge in [0.2, 0.25) is 0 Å². The zero-order valence-corrected chi connectivity index (χ0v) is 22.3. The highest BCUT2D eigenvalue weighted by atomic mass is 35.5. The Morgan fingerprint density at radius 2 is 1.91 bits per heavy atom. The summed E-state index contributed by atoms with van der Waals surface area (Å²) in [5.74, 6) is 2.54. The van der Waals surface area contributed by atoms with Crippen LogP contribution in [0.5, 0.6) is 0 Å². The minimum absolute atomic E-state index is 0.477. The average molecular weight is 536 g/mol. The lowest BCUT2D eigenvalue weighted by molar-refractivity contribution is 0.404. The third kappa shape index (κ3) is 4.22. The van der Waals surface area contributed by atoms with Gasteiger partial charge in [-0.25, -0.2) is 0 Å². The number of aryl methyl sites for hydroxylation is 1. The van der Waals surface area contributed by atoms with Gasteiger partial charge in [-0.2, -0.15) is 0 Å². The minimum Gasteiger partial charge on any atom is -0.360 e. The molecule has 5 nitrogen and oxygen atoms in total. The summed E-state index contributed by atoms with van der Waals surface area (Å²) in [6.07, 6.45) is 0.914. The molecule has 0 unspecified atom stereocenters. The van der Waals surface area contributed by atoms with E-state index in [9.17, 15) is 0 Å². The molecule has 0 saturated heterocycles. The van der Waals surface area contributed by atoms with Crippen LogP contribution >= 0.6 is 46.9 Å². The van der Waals surface area contributed by atoms with E-state index >= 15 is 0 Å². The van der Waals surface area contributed by atoms with Gasteiger partial charge in [0.25, 0.3) is 0 Å². The zero-order valence-electron chi connectivity index (χ0n) is 19.1. The Balaban J connectivity index is 1.36. The Bertz CT molecular complexity index is 1460. The van der Waals surface area contributed by atoms with Gasteiger partial charge >= 0.3 is 0 Å². The highest BCUT2D eigenvalue weighted by Crippen LogP contribution is 2.40.